The molecule has 2 amide bonds. The van der Waals surface area contributed by atoms with Crippen molar-refractivity contribution < 1.29 is 14.3 Å². The molecule has 6 heteroatoms. The number of hydrogen-bond acceptors (Lipinski definition) is 4. The Labute approximate surface area is 142 Å². The minimum atomic E-state index is -0.112. The molecule has 1 heterocycles. The van der Waals surface area contributed by atoms with Crippen molar-refractivity contribution in [2.24, 2.45) is 0 Å². The second-order valence-corrected chi connectivity index (χ2v) is 5.38. The Kier molecular flexibility index (Phi) is 6.42. The van der Waals surface area contributed by atoms with Gasteiger partial charge in [-0.25, -0.2) is 4.79 Å². The lowest BCUT2D eigenvalue weighted by Gasteiger charge is -2.18. The lowest BCUT2D eigenvalue weighted by atomic mass is 10.1. The zero-order valence-corrected chi connectivity index (χ0v) is 14.3. The van der Waals surface area contributed by atoms with Crippen LogP contribution in [0.1, 0.15) is 11.1 Å². The molecule has 2 aromatic rings. The highest BCUT2D eigenvalue weighted by molar-refractivity contribution is 5.73. The van der Waals surface area contributed by atoms with Gasteiger partial charge in [-0.1, -0.05) is 12.1 Å². The summed E-state index contributed by atoms with van der Waals surface area (Å²) in [4.78, 5) is 17.8. The fourth-order valence-corrected chi connectivity index (χ4v) is 2.25. The number of urea groups is 1. The van der Waals surface area contributed by atoms with E-state index in [0.717, 1.165) is 17.5 Å². The van der Waals surface area contributed by atoms with Crippen LogP contribution in [-0.4, -0.2) is 43.7 Å². The van der Waals surface area contributed by atoms with E-state index in [0.29, 0.717) is 24.6 Å². The van der Waals surface area contributed by atoms with Gasteiger partial charge in [0.25, 0.3) is 0 Å². The molecule has 1 aromatic heterocycles. The van der Waals surface area contributed by atoms with E-state index in [1.54, 1.807) is 38.6 Å². The van der Waals surface area contributed by atoms with Gasteiger partial charge in [-0.3, -0.25) is 4.98 Å². The number of likely N-dealkylation sites (N-methyl/N-ethyl adjacent to an activating group) is 1. The average Bonchev–Trinajstić information content (AvgIpc) is 2.64. The summed E-state index contributed by atoms with van der Waals surface area (Å²) < 4.78 is 10.5. The first-order valence-electron chi connectivity index (χ1n) is 7.73. The van der Waals surface area contributed by atoms with Crippen LogP contribution in [0, 0.1) is 0 Å². The number of rotatable bonds is 7. The minimum Gasteiger partial charge on any atom is -0.493 e. The Morgan fingerprint density at radius 1 is 1.17 bits per heavy atom. The Hall–Kier alpha value is -2.76. The van der Waals surface area contributed by atoms with E-state index in [4.69, 9.17) is 9.47 Å². The Balaban J connectivity index is 1.83. The number of methoxy groups -OCH3 is 2. The lowest BCUT2D eigenvalue weighted by Crippen LogP contribution is -2.38. The third kappa shape index (κ3) is 4.87. The third-order valence-electron chi connectivity index (χ3n) is 3.70. The molecule has 0 radical (unpaired) electrons. The van der Waals surface area contributed by atoms with Crippen molar-refractivity contribution in [3.05, 3.63) is 53.9 Å². The summed E-state index contributed by atoms with van der Waals surface area (Å²) in [5.41, 5.74) is 2.05. The first-order chi connectivity index (χ1) is 11.6. The van der Waals surface area contributed by atoms with Crippen LogP contribution >= 0.6 is 0 Å². The predicted molar refractivity (Wildman–Crippen MR) is 92.4 cm³/mol. The number of nitrogens with zero attached hydrogens (tertiary/aromatic N) is 2. The van der Waals surface area contributed by atoms with Crippen molar-refractivity contribution in [3.63, 3.8) is 0 Å². The number of carbonyl (C=O) groups is 1. The molecule has 1 aromatic carbocycles. The van der Waals surface area contributed by atoms with Gasteiger partial charge in [0, 0.05) is 32.5 Å². The van der Waals surface area contributed by atoms with E-state index in [-0.39, 0.29) is 6.03 Å². The first kappa shape index (κ1) is 17.6. The van der Waals surface area contributed by atoms with Crippen LogP contribution in [0.4, 0.5) is 4.79 Å². The summed E-state index contributed by atoms with van der Waals surface area (Å²) in [7, 11) is 5.00. The SMILES string of the molecule is COc1ccc(CCN(C)C(=O)NCc2cccnc2)cc1OC. The smallest absolute Gasteiger partial charge is 0.317 e. The van der Waals surface area contributed by atoms with Crippen LogP contribution < -0.4 is 14.8 Å². The number of aromatic nitrogens is 1. The number of benzene rings is 1. The van der Waals surface area contributed by atoms with E-state index < -0.39 is 0 Å². The van der Waals surface area contributed by atoms with E-state index in [9.17, 15) is 4.79 Å². The van der Waals surface area contributed by atoms with Gasteiger partial charge in [0.15, 0.2) is 11.5 Å². The number of ether oxygens (including phenoxy) is 2. The van der Waals surface area contributed by atoms with Gasteiger partial charge >= 0.3 is 6.03 Å². The first-order valence-corrected chi connectivity index (χ1v) is 7.73. The van der Waals surface area contributed by atoms with Crippen molar-refractivity contribution in [2.45, 2.75) is 13.0 Å². The van der Waals surface area contributed by atoms with E-state index >= 15 is 0 Å². The van der Waals surface area contributed by atoms with Crippen LogP contribution in [0.15, 0.2) is 42.7 Å². The van der Waals surface area contributed by atoms with Gasteiger partial charge in [0.05, 0.1) is 14.2 Å². The van der Waals surface area contributed by atoms with Gasteiger partial charge < -0.3 is 19.7 Å². The Morgan fingerprint density at radius 3 is 2.62 bits per heavy atom. The fourth-order valence-electron chi connectivity index (χ4n) is 2.25. The van der Waals surface area contributed by atoms with E-state index in [2.05, 4.69) is 10.3 Å². The normalized spacial score (nSPS) is 10.1. The molecule has 0 aliphatic carbocycles. The molecule has 0 atom stereocenters. The molecule has 0 aliphatic rings. The van der Waals surface area contributed by atoms with Crippen LogP contribution in [-0.2, 0) is 13.0 Å². The maximum absolute atomic E-state index is 12.1. The zero-order chi connectivity index (χ0) is 17.4. The summed E-state index contributed by atoms with van der Waals surface area (Å²) in [5.74, 6) is 1.39. The fraction of sp³-hybridized carbons (Fsp3) is 0.333. The van der Waals surface area contributed by atoms with Crippen molar-refractivity contribution in [1.82, 2.24) is 15.2 Å². The maximum atomic E-state index is 12.1. The molecule has 0 saturated carbocycles. The molecule has 0 bridgehead atoms. The summed E-state index contributed by atoms with van der Waals surface area (Å²) in [6.45, 7) is 1.07. The molecule has 6 nitrogen and oxygen atoms in total. The average molecular weight is 329 g/mol. The Bertz CT molecular complexity index is 662. The molecule has 0 spiro atoms. The molecule has 24 heavy (non-hydrogen) atoms. The molecule has 1 N–H and O–H groups in total. The number of hydrogen-bond donors (Lipinski definition) is 1. The lowest BCUT2D eigenvalue weighted by molar-refractivity contribution is 0.209. The molecular formula is C18H23N3O3. The van der Waals surface area contributed by atoms with Crippen LogP contribution in [0.2, 0.25) is 0 Å². The van der Waals surface area contributed by atoms with Gasteiger partial charge in [-0.15, -0.1) is 0 Å². The zero-order valence-electron chi connectivity index (χ0n) is 14.3. The van der Waals surface area contributed by atoms with Gasteiger partial charge in [0.1, 0.15) is 0 Å². The van der Waals surface area contributed by atoms with Crippen LogP contribution in [0.25, 0.3) is 0 Å². The molecule has 0 unspecified atom stereocenters. The molecule has 0 aliphatic heterocycles. The van der Waals surface area contributed by atoms with Crippen molar-refractivity contribution >= 4 is 6.03 Å². The van der Waals surface area contributed by atoms with Crippen molar-refractivity contribution in [2.75, 3.05) is 27.8 Å². The second-order valence-electron chi connectivity index (χ2n) is 5.38. The van der Waals surface area contributed by atoms with Crippen molar-refractivity contribution in [1.29, 1.82) is 0 Å². The van der Waals surface area contributed by atoms with Crippen LogP contribution in [0.3, 0.4) is 0 Å². The summed E-state index contributed by atoms with van der Waals surface area (Å²) in [6, 6.07) is 9.44. The summed E-state index contributed by atoms with van der Waals surface area (Å²) in [5, 5.41) is 2.88. The van der Waals surface area contributed by atoms with Gasteiger partial charge in [-0.2, -0.15) is 0 Å². The number of carbonyl (C=O) groups excluding carboxylic acids is 1. The highest BCUT2D eigenvalue weighted by Crippen LogP contribution is 2.27. The monoisotopic (exact) mass is 329 g/mol. The summed E-state index contributed by atoms with van der Waals surface area (Å²) in [6.07, 6.45) is 4.18. The number of amides is 2. The summed E-state index contributed by atoms with van der Waals surface area (Å²) >= 11 is 0. The molecule has 0 fully saturated rings. The Morgan fingerprint density at radius 2 is 1.96 bits per heavy atom. The quantitative estimate of drug-likeness (QED) is 0.848. The third-order valence-corrected chi connectivity index (χ3v) is 3.70. The molecule has 2 rings (SSSR count). The van der Waals surface area contributed by atoms with E-state index in [1.807, 2.05) is 30.3 Å². The van der Waals surface area contributed by atoms with Gasteiger partial charge in [-0.05, 0) is 35.7 Å². The standard InChI is InChI=1S/C18H23N3O3/c1-21(18(22)20-13-15-5-4-9-19-12-15)10-8-14-6-7-16(23-2)17(11-14)24-3/h4-7,9,11-12H,8,10,13H2,1-3H3,(H,20,22). The van der Waals surface area contributed by atoms with Crippen LogP contribution in [0.5, 0.6) is 11.5 Å². The predicted octanol–water partition coefficient (Wildman–Crippen LogP) is 2.48. The highest BCUT2D eigenvalue weighted by atomic mass is 16.5. The van der Waals surface area contributed by atoms with E-state index in [1.165, 1.54) is 0 Å². The largest absolute Gasteiger partial charge is 0.493 e. The number of pyridine rings is 1. The molecular weight excluding hydrogens is 306 g/mol. The van der Waals surface area contributed by atoms with Gasteiger partial charge in [0.2, 0.25) is 0 Å². The second kappa shape index (κ2) is 8.76. The minimum absolute atomic E-state index is 0.112. The molecule has 0 saturated heterocycles. The topological polar surface area (TPSA) is 63.7 Å². The highest BCUT2D eigenvalue weighted by Gasteiger charge is 2.09. The number of nitrogens with one attached hydrogen (secondary N) is 1. The maximum Gasteiger partial charge on any atom is 0.317 e. The van der Waals surface area contributed by atoms with Crippen molar-refractivity contribution in [3.8, 4) is 11.5 Å². The molecule has 128 valence electrons.